The van der Waals surface area contributed by atoms with Crippen LogP contribution in [-0.2, 0) is 22.6 Å². The molecule has 0 aliphatic carbocycles. The number of benzene rings is 3. The molecule has 2 amide bonds. The van der Waals surface area contributed by atoms with Crippen molar-refractivity contribution in [3.63, 3.8) is 0 Å². The number of hydrogen-bond acceptors (Lipinski definition) is 3. The molecule has 8 heteroatoms. The van der Waals surface area contributed by atoms with E-state index in [1.54, 1.807) is 24.3 Å². The van der Waals surface area contributed by atoms with Crippen LogP contribution in [0.2, 0.25) is 10.0 Å². The summed E-state index contributed by atoms with van der Waals surface area (Å²) in [6.07, 6.45) is 0.331. The molecule has 0 aliphatic rings. The smallest absolute Gasteiger partial charge is 0.261 e. The highest BCUT2D eigenvalue weighted by atomic mass is 79.9. The van der Waals surface area contributed by atoms with Crippen LogP contribution >= 0.6 is 39.1 Å². The molecular formula is C28H29BrCl2N2O3. The molecule has 0 saturated carbocycles. The molecule has 0 saturated heterocycles. The third-order valence-corrected chi connectivity index (χ3v) is 6.47. The summed E-state index contributed by atoms with van der Waals surface area (Å²) in [5.74, 6) is -0.239. The zero-order valence-electron chi connectivity index (χ0n) is 20.4. The van der Waals surface area contributed by atoms with Gasteiger partial charge in [-0.1, -0.05) is 87.7 Å². The molecule has 3 rings (SSSR count). The van der Waals surface area contributed by atoms with Gasteiger partial charge in [-0.3, -0.25) is 9.59 Å². The van der Waals surface area contributed by atoms with Crippen LogP contribution in [0, 0.1) is 0 Å². The van der Waals surface area contributed by atoms with Gasteiger partial charge in [-0.25, -0.2) is 0 Å². The van der Waals surface area contributed by atoms with Crippen molar-refractivity contribution in [2.24, 2.45) is 0 Å². The van der Waals surface area contributed by atoms with Gasteiger partial charge in [-0.15, -0.1) is 0 Å². The van der Waals surface area contributed by atoms with Crippen LogP contribution in [0.25, 0.3) is 0 Å². The van der Waals surface area contributed by atoms with Gasteiger partial charge in [0.15, 0.2) is 6.61 Å². The molecule has 0 aromatic heterocycles. The molecule has 36 heavy (non-hydrogen) atoms. The van der Waals surface area contributed by atoms with Crippen LogP contribution in [0.15, 0.2) is 77.3 Å². The molecule has 190 valence electrons. The van der Waals surface area contributed by atoms with Crippen molar-refractivity contribution in [3.05, 3.63) is 98.4 Å². The molecule has 0 spiro atoms. The van der Waals surface area contributed by atoms with Gasteiger partial charge >= 0.3 is 0 Å². The van der Waals surface area contributed by atoms with Crippen molar-refractivity contribution < 1.29 is 14.3 Å². The van der Waals surface area contributed by atoms with E-state index in [9.17, 15) is 9.59 Å². The Morgan fingerprint density at radius 2 is 1.64 bits per heavy atom. The van der Waals surface area contributed by atoms with E-state index in [2.05, 4.69) is 21.2 Å². The summed E-state index contributed by atoms with van der Waals surface area (Å²) in [6, 6.07) is 21.3. The molecule has 0 aliphatic heterocycles. The minimum absolute atomic E-state index is 0.144. The van der Waals surface area contributed by atoms with Gasteiger partial charge < -0.3 is 15.0 Å². The SMILES string of the molecule is CC(C)(C)NC(=O)[C@@H](Cc1ccccc1)N(Cc1ccccc1Cl)C(=O)COc1ccc(Br)cc1Cl. The van der Waals surface area contributed by atoms with Gasteiger partial charge in [0, 0.05) is 28.0 Å². The Morgan fingerprint density at radius 3 is 2.28 bits per heavy atom. The predicted molar refractivity (Wildman–Crippen MR) is 148 cm³/mol. The summed E-state index contributed by atoms with van der Waals surface area (Å²) in [6.45, 7) is 5.57. The summed E-state index contributed by atoms with van der Waals surface area (Å²) in [5, 5.41) is 3.92. The molecule has 1 atom stereocenters. The summed E-state index contributed by atoms with van der Waals surface area (Å²) in [4.78, 5) is 28.7. The van der Waals surface area contributed by atoms with E-state index in [-0.39, 0.29) is 25.0 Å². The molecule has 3 aromatic carbocycles. The maximum Gasteiger partial charge on any atom is 0.261 e. The van der Waals surface area contributed by atoms with E-state index in [4.69, 9.17) is 27.9 Å². The van der Waals surface area contributed by atoms with Crippen LogP contribution in [0.1, 0.15) is 31.9 Å². The van der Waals surface area contributed by atoms with E-state index in [1.807, 2.05) is 69.3 Å². The van der Waals surface area contributed by atoms with Gasteiger partial charge in [-0.05, 0) is 56.2 Å². The second-order valence-electron chi connectivity index (χ2n) is 9.42. The van der Waals surface area contributed by atoms with Crippen molar-refractivity contribution in [2.75, 3.05) is 6.61 Å². The zero-order chi connectivity index (χ0) is 26.3. The Morgan fingerprint density at radius 1 is 0.972 bits per heavy atom. The van der Waals surface area contributed by atoms with Crippen molar-refractivity contribution in [2.45, 2.75) is 45.3 Å². The Labute approximate surface area is 230 Å². The molecule has 0 radical (unpaired) electrons. The van der Waals surface area contributed by atoms with Crippen molar-refractivity contribution >= 4 is 50.9 Å². The van der Waals surface area contributed by atoms with E-state index >= 15 is 0 Å². The van der Waals surface area contributed by atoms with Crippen molar-refractivity contribution in [3.8, 4) is 5.75 Å². The maximum atomic E-state index is 13.6. The fraction of sp³-hybridized carbons (Fsp3) is 0.286. The Bertz CT molecular complexity index is 1200. The lowest BCUT2D eigenvalue weighted by molar-refractivity contribution is -0.143. The fourth-order valence-electron chi connectivity index (χ4n) is 3.63. The molecule has 0 heterocycles. The lowest BCUT2D eigenvalue weighted by Crippen LogP contribution is -2.55. The number of ether oxygens (including phenoxy) is 1. The standard InChI is InChI=1S/C28H29BrCl2N2O3/c1-28(2,3)32-27(35)24(15-19-9-5-4-6-10-19)33(17-20-11-7-8-12-22(20)30)26(34)18-36-25-14-13-21(29)16-23(25)31/h4-14,16,24H,15,17-18H2,1-3H3,(H,32,35)/t24-/m1/s1. The fourth-order valence-corrected chi connectivity index (χ4v) is 4.56. The van der Waals surface area contributed by atoms with Crippen molar-refractivity contribution in [1.29, 1.82) is 0 Å². The number of hydrogen-bond donors (Lipinski definition) is 1. The van der Waals surface area contributed by atoms with E-state index < -0.39 is 11.6 Å². The number of carbonyl (C=O) groups is 2. The van der Waals surface area contributed by atoms with Crippen LogP contribution in [-0.4, -0.2) is 34.9 Å². The van der Waals surface area contributed by atoms with Crippen molar-refractivity contribution in [1.82, 2.24) is 10.2 Å². The lowest BCUT2D eigenvalue weighted by Gasteiger charge is -2.34. The Kier molecular flexibility index (Phi) is 9.83. The van der Waals surface area contributed by atoms with E-state index in [0.717, 1.165) is 15.6 Å². The largest absolute Gasteiger partial charge is 0.482 e. The first-order chi connectivity index (χ1) is 17.0. The van der Waals surface area contributed by atoms with Gasteiger partial charge in [0.05, 0.1) is 5.02 Å². The highest BCUT2D eigenvalue weighted by Crippen LogP contribution is 2.28. The van der Waals surface area contributed by atoms with Crippen LogP contribution < -0.4 is 10.1 Å². The van der Waals surface area contributed by atoms with Gasteiger partial charge in [0.25, 0.3) is 5.91 Å². The average Bonchev–Trinajstić information content (AvgIpc) is 2.81. The minimum Gasteiger partial charge on any atom is -0.482 e. The quantitative estimate of drug-likeness (QED) is 0.302. The first-order valence-electron chi connectivity index (χ1n) is 11.5. The second-order valence-corrected chi connectivity index (χ2v) is 11.2. The summed E-state index contributed by atoms with van der Waals surface area (Å²) in [7, 11) is 0. The Balaban J connectivity index is 1.95. The second kappa shape index (κ2) is 12.6. The average molecular weight is 592 g/mol. The molecular weight excluding hydrogens is 563 g/mol. The summed E-state index contributed by atoms with van der Waals surface area (Å²) >= 11 is 16.1. The van der Waals surface area contributed by atoms with Crippen LogP contribution in [0.5, 0.6) is 5.75 Å². The normalized spacial score (nSPS) is 12.1. The molecule has 3 aromatic rings. The highest BCUT2D eigenvalue weighted by Gasteiger charge is 2.32. The highest BCUT2D eigenvalue weighted by molar-refractivity contribution is 9.10. The molecule has 5 nitrogen and oxygen atoms in total. The molecule has 0 bridgehead atoms. The molecule has 0 fully saturated rings. The number of halogens is 3. The zero-order valence-corrected chi connectivity index (χ0v) is 23.5. The topological polar surface area (TPSA) is 58.6 Å². The van der Waals surface area contributed by atoms with E-state index in [1.165, 1.54) is 4.90 Å². The number of carbonyl (C=O) groups excluding carboxylic acids is 2. The van der Waals surface area contributed by atoms with E-state index in [0.29, 0.717) is 22.2 Å². The van der Waals surface area contributed by atoms with Gasteiger partial charge in [-0.2, -0.15) is 0 Å². The number of nitrogens with one attached hydrogen (secondary N) is 1. The molecule has 1 N–H and O–H groups in total. The summed E-state index contributed by atoms with van der Waals surface area (Å²) in [5.41, 5.74) is 1.18. The first kappa shape index (κ1) is 28.0. The minimum atomic E-state index is -0.792. The van der Waals surface area contributed by atoms with Gasteiger partial charge in [0.1, 0.15) is 11.8 Å². The van der Waals surface area contributed by atoms with Gasteiger partial charge in [0.2, 0.25) is 5.91 Å². The number of amides is 2. The number of rotatable bonds is 9. The first-order valence-corrected chi connectivity index (χ1v) is 13.0. The summed E-state index contributed by atoms with van der Waals surface area (Å²) < 4.78 is 6.57. The number of nitrogens with zero attached hydrogens (tertiary/aromatic N) is 1. The monoisotopic (exact) mass is 590 g/mol. The molecule has 0 unspecified atom stereocenters. The Hall–Kier alpha value is -2.54. The third-order valence-electron chi connectivity index (χ3n) is 5.31. The van der Waals surface area contributed by atoms with Crippen LogP contribution in [0.4, 0.5) is 0 Å². The van der Waals surface area contributed by atoms with Crippen LogP contribution in [0.3, 0.4) is 0 Å². The predicted octanol–water partition coefficient (Wildman–Crippen LogP) is 6.69. The maximum absolute atomic E-state index is 13.6. The third kappa shape index (κ3) is 8.26. The lowest BCUT2D eigenvalue weighted by atomic mass is 10.0.